The van der Waals surface area contributed by atoms with Gasteiger partial charge in [-0.15, -0.1) is 0 Å². The Labute approximate surface area is 169 Å². The molecule has 3 aromatic rings. The van der Waals surface area contributed by atoms with E-state index in [2.05, 4.69) is 23.2 Å². The molecule has 1 N–H and O–H groups in total. The fourth-order valence-electron chi connectivity index (χ4n) is 3.61. The number of ether oxygens (including phenoxy) is 1. The molecule has 6 heteroatoms. The second-order valence-corrected chi connectivity index (χ2v) is 8.08. The van der Waals surface area contributed by atoms with E-state index in [1.54, 1.807) is 11.3 Å². The van der Waals surface area contributed by atoms with Gasteiger partial charge in [-0.25, -0.2) is 4.98 Å². The number of nitrogens with one attached hydrogen (secondary N) is 1. The standard InChI is InChI=1S/C22H25N3O2S/c1-2-16-8-3-5-11-19(16)27-15-21(26)23-17-9-7-13-25(14-17)22-24-18-10-4-6-12-20(18)28-22/h3-6,8,10-12,17H,2,7,9,13-15H2,1H3,(H,23,26). The van der Waals surface area contributed by atoms with Gasteiger partial charge in [0.15, 0.2) is 11.7 Å². The Kier molecular flexibility index (Phi) is 5.76. The second-order valence-electron chi connectivity index (χ2n) is 7.07. The predicted molar refractivity (Wildman–Crippen MR) is 114 cm³/mol. The molecule has 1 fully saturated rings. The van der Waals surface area contributed by atoms with Crippen LogP contribution in [0.4, 0.5) is 5.13 Å². The Morgan fingerprint density at radius 1 is 1.25 bits per heavy atom. The number of hydrogen-bond acceptors (Lipinski definition) is 5. The number of hydrogen-bond donors (Lipinski definition) is 1. The number of carbonyl (C=O) groups excluding carboxylic acids is 1. The fraction of sp³-hybridized carbons (Fsp3) is 0.364. The monoisotopic (exact) mass is 395 g/mol. The summed E-state index contributed by atoms with van der Waals surface area (Å²) >= 11 is 1.71. The summed E-state index contributed by atoms with van der Waals surface area (Å²) in [5, 5.41) is 4.17. The highest BCUT2D eigenvalue weighted by Crippen LogP contribution is 2.30. The number of para-hydroxylation sites is 2. The van der Waals surface area contributed by atoms with E-state index in [-0.39, 0.29) is 18.6 Å². The summed E-state index contributed by atoms with van der Waals surface area (Å²) in [5.74, 6) is 0.724. The third-order valence-electron chi connectivity index (χ3n) is 5.05. The first-order valence-electron chi connectivity index (χ1n) is 9.83. The Morgan fingerprint density at radius 2 is 2.07 bits per heavy atom. The molecule has 1 amide bonds. The maximum absolute atomic E-state index is 12.4. The van der Waals surface area contributed by atoms with Crippen molar-refractivity contribution in [3.8, 4) is 5.75 Å². The van der Waals surface area contributed by atoms with Crippen LogP contribution in [-0.2, 0) is 11.2 Å². The van der Waals surface area contributed by atoms with Crippen molar-refractivity contribution in [3.63, 3.8) is 0 Å². The summed E-state index contributed by atoms with van der Waals surface area (Å²) < 4.78 is 6.95. The topological polar surface area (TPSA) is 54.5 Å². The molecule has 0 saturated carbocycles. The van der Waals surface area contributed by atoms with Crippen LogP contribution in [0.2, 0.25) is 0 Å². The van der Waals surface area contributed by atoms with E-state index in [4.69, 9.17) is 9.72 Å². The summed E-state index contributed by atoms with van der Waals surface area (Å²) in [5.41, 5.74) is 2.16. The molecule has 1 aromatic heterocycles. The van der Waals surface area contributed by atoms with Crippen molar-refractivity contribution in [1.82, 2.24) is 10.3 Å². The number of benzene rings is 2. The predicted octanol–water partition coefficient (Wildman–Crippen LogP) is 4.02. The molecule has 1 aliphatic heterocycles. The van der Waals surface area contributed by atoms with Crippen LogP contribution in [0.15, 0.2) is 48.5 Å². The van der Waals surface area contributed by atoms with Crippen LogP contribution in [0.5, 0.6) is 5.75 Å². The maximum Gasteiger partial charge on any atom is 0.258 e. The molecule has 0 radical (unpaired) electrons. The largest absolute Gasteiger partial charge is 0.483 e. The molecule has 2 aromatic carbocycles. The van der Waals surface area contributed by atoms with E-state index in [1.807, 2.05) is 42.5 Å². The minimum absolute atomic E-state index is 0.0502. The number of carbonyl (C=O) groups is 1. The Hall–Kier alpha value is -2.60. The Balaban J connectivity index is 1.33. The van der Waals surface area contributed by atoms with Crippen LogP contribution < -0.4 is 15.0 Å². The van der Waals surface area contributed by atoms with E-state index >= 15 is 0 Å². The normalized spacial score (nSPS) is 16.9. The van der Waals surface area contributed by atoms with E-state index in [0.29, 0.717) is 0 Å². The quantitative estimate of drug-likeness (QED) is 0.685. The van der Waals surface area contributed by atoms with Gasteiger partial charge in [0.1, 0.15) is 5.75 Å². The van der Waals surface area contributed by atoms with E-state index in [0.717, 1.165) is 54.3 Å². The first-order chi connectivity index (χ1) is 13.7. The lowest BCUT2D eigenvalue weighted by molar-refractivity contribution is -0.123. The number of amides is 1. The van der Waals surface area contributed by atoms with Crippen molar-refractivity contribution in [2.24, 2.45) is 0 Å². The molecule has 2 heterocycles. The number of nitrogens with zero attached hydrogens (tertiary/aromatic N) is 2. The zero-order valence-electron chi connectivity index (χ0n) is 16.1. The zero-order chi connectivity index (χ0) is 19.3. The maximum atomic E-state index is 12.4. The van der Waals surface area contributed by atoms with Gasteiger partial charge >= 0.3 is 0 Å². The molecule has 0 bridgehead atoms. The highest BCUT2D eigenvalue weighted by atomic mass is 32.1. The number of anilines is 1. The van der Waals surface area contributed by atoms with Crippen LogP contribution in [0.1, 0.15) is 25.3 Å². The van der Waals surface area contributed by atoms with Gasteiger partial charge in [0.05, 0.1) is 10.2 Å². The number of aromatic nitrogens is 1. The van der Waals surface area contributed by atoms with Crippen molar-refractivity contribution >= 4 is 32.6 Å². The molecule has 1 atom stereocenters. The van der Waals surface area contributed by atoms with Crippen LogP contribution in [0.3, 0.4) is 0 Å². The van der Waals surface area contributed by atoms with E-state index in [1.165, 1.54) is 4.70 Å². The van der Waals surface area contributed by atoms with Gasteiger partial charge in [-0.2, -0.15) is 0 Å². The number of piperidine rings is 1. The van der Waals surface area contributed by atoms with Crippen LogP contribution >= 0.6 is 11.3 Å². The number of thiazole rings is 1. The summed E-state index contributed by atoms with van der Waals surface area (Å²) in [6.07, 6.45) is 2.91. The van der Waals surface area contributed by atoms with E-state index < -0.39 is 0 Å². The van der Waals surface area contributed by atoms with Crippen molar-refractivity contribution in [2.75, 3.05) is 24.6 Å². The molecule has 1 saturated heterocycles. The minimum Gasteiger partial charge on any atom is -0.483 e. The molecule has 1 aliphatic rings. The first kappa shape index (κ1) is 18.7. The third kappa shape index (κ3) is 4.28. The Bertz CT molecular complexity index is 923. The average molecular weight is 396 g/mol. The highest BCUT2D eigenvalue weighted by molar-refractivity contribution is 7.22. The molecular weight excluding hydrogens is 370 g/mol. The van der Waals surface area contributed by atoms with Crippen molar-refractivity contribution in [2.45, 2.75) is 32.2 Å². The fourth-order valence-corrected chi connectivity index (χ4v) is 4.61. The molecule has 28 heavy (non-hydrogen) atoms. The average Bonchev–Trinajstić information content (AvgIpc) is 3.17. The summed E-state index contributed by atoms with van der Waals surface area (Å²) in [7, 11) is 0. The molecule has 5 nitrogen and oxygen atoms in total. The SMILES string of the molecule is CCc1ccccc1OCC(=O)NC1CCCN(c2nc3ccccc3s2)C1. The Morgan fingerprint density at radius 3 is 2.93 bits per heavy atom. The summed E-state index contributed by atoms with van der Waals surface area (Å²) in [6.45, 7) is 3.90. The first-order valence-corrected chi connectivity index (χ1v) is 10.6. The molecule has 4 rings (SSSR count). The zero-order valence-corrected chi connectivity index (χ0v) is 16.9. The van der Waals surface area contributed by atoms with Crippen molar-refractivity contribution in [3.05, 3.63) is 54.1 Å². The van der Waals surface area contributed by atoms with E-state index in [9.17, 15) is 4.79 Å². The van der Waals surface area contributed by atoms with Gasteiger partial charge in [0, 0.05) is 19.1 Å². The molecule has 1 unspecified atom stereocenters. The van der Waals surface area contributed by atoms with Gasteiger partial charge in [-0.05, 0) is 43.0 Å². The molecule has 0 spiro atoms. The summed E-state index contributed by atoms with van der Waals surface area (Å²) in [4.78, 5) is 19.4. The van der Waals surface area contributed by atoms with Crippen LogP contribution in [0, 0.1) is 0 Å². The smallest absolute Gasteiger partial charge is 0.258 e. The lowest BCUT2D eigenvalue weighted by Gasteiger charge is -2.32. The van der Waals surface area contributed by atoms with Crippen molar-refractivity contribution in [1.29, 1.82) is 0 Å². The molecular formula is C22H25N3O2S. The van der Waals surface area contributed by atoms with Gasteiger partial charge in [-0.1, -0.05) is 48.6 Å². The second kappa shape index (κ2) is 8.61. The van der Waals surface area contributed by atoms with Gasteiger partial charge in [-0.3, -0.25) is 4.79 Å². The number of aryl methyl sites for hydroxylation is 1. The number of fused-ring (bicyclic) bond motifs is 1. The van der Waals surface area contributed by atoms with Gasteiger partial charge in [0.25, 0.3) is 5.91 Å². The number of rotatable bonds is 6. The molecule has 146 valence electrons. The highest BCUT2D eigenvalue weighted by Gasteiger charge is 2.23. The summed E-state index contributed by atoms with van der Waals surface area (Å²) in [6, 6.07) is 16.2. The van der Waals surface area contributed by atoms with Gasteiger partial charge in [0.2, 0.25) is 0 Å². The molecule has 0 aliphatic carbocycles. The minimum atomic E-state index is -0.0675. The third-order valence-corrected chi connectivity index (χ3v) is 6.15. The van der Waals surface area contributed by atoms with Crippen LogP contribution in [-0.4, -0.2) is 36.6 Å². The van der Waals surface area contributed by atoms with Crippen molar-refractivity contribution < 1.29 is 9.53 Å². The van der Waals surface area contributed by atoms with Gasteiger partial charge < -0.3 is 15.0 Å². The van der Waals surface area contributed by atoms with Crippen LogP contribution in [0.25, 0.3) is 10.2 Å². The lowest BCUT2D eigenvalue weighted by atomic mass is 10.1. The lowest BCUT2D eigenvalue weighted by Crippen LogP contribution is -2.48.